The van der Waals surface area contributed by atoms with Gasteiger partial charge in [0.05, 0.1) is 17.8 Å². The summed E-state index contributed by atoms with van der Waals surface area (Å²) in [4.78, 5) is 0. The fraction of sp³-hybridized carbons (Fsp3) is 0.600. The van der Waals surface area contributed by atoms with Crippen LogP contribution in [0.3, 0.4) is 0 Å². The number of aliphatic hydroxyl groups is 1. The Balaban J connectivity index is 2.22. The van der Waals surface area contributed by atoms with Gasteiger partial charge in [0.2, 0.25) is 0 Å². The van der Waals surface area contributed by atoms with Gasteiger partial charge in [0.15, 0.2) is 0 Å². The van der Waals surface area contributed by atoms with Crippen LogP contribution in [0.25, 0.3) is 0 Å². The molecular weight excluding hydrogens is 283 g/mol. The number of benzene rings is 1. The van der Waals surface area contributed by atoms with E-state index in [4.69, 9.17) is 27.9 Å². The monoisotopic (exact) mass is 302 g/mol. The molecule has 1 fully saturated rings. The molecule has 2 unspecified atom stereocenters. The predicted octanol–water partition coefficient (Wildman–Crippen LogP) is 4.25. The van der Waals surface area contributed by atoms with Crippen molar-refractivity contribution in [2.24, 2.45) is 0 Å². The lowest BCUT2D eigenvalue weighted by Crippen LogP contribution is -2.48. The molecule has 1 aromatic rings. The van der Waals surface area contributed by atoms with Crippen molar-refractivity contribution in [3.05, 3.63) is 33.8 Å². The molecule has 2 atom stereocenters. The maximum absolute atomic E-state index is 10.8. The maximum Gasteiger partial charge on any atom is 0.0738 e. The highest BCUT2D eigenvalue weighted by Crippen LogP contribution is 2.38. The minimum absolute atomic E-state index is 0.263. The zero-order chi connectivity index (χ0) is 14.1. The summed E-state index contributed by atoms with van der Waals surface area (Å²) in [5, 5.41) is 12.1. The fourth-order valence-electron chi connectivity index (χ4n) is 2.73. The molecule has 0 radical (unpaired) electrons. The Morgan fingerprint density at radius 2 is 1.95 bits per heavy atom. The van der Waals surface area contributed by atoms with Crippen molar-refractivity contribution in [2.45, 2.75) is 50.7 Å². The number of rotatable bonds is 3. The van der Waals surface area contributed by atoms with Gasteiger partial charge in [-0.25, -0.2) is 0 Å². The van der Waals surface area contributed by atoms with E-state index in [2.05, 4.69) is 6.92 Å². The van der Waals surface area contributed by atoms with Crippen molar-refractivity contribution in [3.8, 4) is 0 Å². The maximum atomic E-state index is 10.8. The van der Waals surface area contributed by atoms with E-state index in [-0.39, 0.29) is 5.60 Å². The minimum atomic E-state index is -0.794. The molecule has 106 valence electrons. The number of hydrogen-bond acceptors (Lipinski definition) is 2. The van der Waals surface area contributed by atoms with Crippen molar-refractivity contribution < 1.29 is 9.84 Å². The van der Waals surface area contributed by atoms with E-state index >= 15 is 0 Å². The van der Waals surface area contributed by atoms with Gasteiger partial charge < -0.3 is 9.84 Å². The van der Waals surface area contributed by atoms with E-state index in [1.807, 2.05) is 25.1 Å². The average Bonchev–Trinajstić information content (AvgIpc) is 2.34. The average molecular weight is 303 g/mol. The second kappa shape index (κ2) is 5.61. The molecule has 4 heteroatoms. The summed E-state index contributed by atoms with van der Waals surface area (Å²) in [6.07, 6.45) is 2.58. The highest BCUT2D eigenvalue weighted by molar-refractivity contribution is 6.36. The third-order valence-corrected chi connectivity index (χ3v) is 4.74. The van der Waals surface area contributed by atoms with E-state index < -0.39 is 5.60 Å². The molecule has 0 amide bonds. The summed E-state index contributed by atoms with van der Waals surface area (Å²) in [6, 6.07) is 5.44. The Labute approximate surface area is 124 Å². The first kappa shape index (κ1) is 15.1. The van der Waals surface area contributed by atoms with Gasteiger partial charge in [0.1, 0.15) is 0 Å². The molecule has 0 bridgehead atoms. The van der Waals surface area contributed by atoms with Crippen LogP contribution < -0.4 is 0 Å². The SMILES string of the molecule is CCC1(C)CC(O)(Cc2c(Cl)cccc2Cl)CCO1. The summed E-state index contributed by atoms with van der Waals surface area (Å²) < 4.78 is 5.78. The lowest BCUT2D eigenvalue weighted by Gasteiger charge is -2.43. The van der Waals surface area contributed by atoms with Gasteiger partial charge in [-0.2, -0.15) is 0 Å². The molecule has 0 spiro atoms. The molecule has 0 aromatic heterocycles. The van der Waals surface area contributed by atoms with Crippen LogP contribution in [0, 0.1) is 0 Å². The van der Waals surface area contributed by atoms with Crippen molar-refractivity contribution in [1.82, 2.24) is 0 Å². The fourth-order valence-corrected chi connectivity index (χ4v) is 3.26. The summed E-state index contributed by atoms with van der Waals surface area (Å²) in [5.74, 6) is 0. The van der Waals surface area contributed by atoms with Crippen molar-refractivity contribution >= 4 is 23.2 Å². The van der Waals surface area contributed by atoms with Gasteiger partial charge in [-0.1, -0.05) is 36.2 Å². The molecule has 19 heavy (non-hydrogen) atoms. The number of hydrogen-bond donors (Lipinski definition) is 1. The van der Waals surface area contributed by atoms with Gasteiger partial charge in [-0.3, -0.25) is 0 Å². The van der Waals surface area contributed by atoms with E-state index in [0.717, 1.165) is 12.0 Å². The van der Waals surface area contributed by atoms with Gasteiger partial charge >= 0.3 is 0 Å². The highest BCUT2D eigenvalue weighted by atomic mass is 35.5. The molecule has 1 heterocycles. The summed E-state index contributed by atoms with van der Waals surface area (Å²) >= 11 is 12.4. The van der Waals surface area contributed by atoms with Crippen LogP contribution in [0.5, 0.6) is 0 Å². The number of halogens is 2. The molecule has 1 saturated heterocycles. The molecular formula is C15H20Cl2O2. The zero-order valence-corrected chi connectivity index (χ0v) is 12.9. The van der Waals surface area contributed by atoms with Crippen molar-refractivity contribution in [3.63, 3.8) is 0 Å². The van der Waals surface area contributed by atoms with Crippen LogP contribution in [0.15, 0.2) is 18.2 Å². The van der Waals surface area contributed by atoms with Crippen LogP contribution in [0.4, 0.5) is 0 Å². The predicted molar refractivity (Wildman–Crippen MR) is 79.0 cm³/mol. The number of ether oxygens (including phenoxy) is 1. The standard InChI is InChI=1S/C15H20Cl2O2/c1-3-14(2)10-15(18,7-8-19-14)9-11-12(16)5-4-6-13(11)17/h4-6,18H,3,7-10H2,1-2H3. The summed E-state index contributed by atoms with van der Waals surface area (Å²) in [6.45, 7) is 4.70. The summed E-state index contributed by atoms with van der Waals surface area (Å²) in [7, 11) is 0. The zero-order valence-electron chi connectivity index (χ0n) is 11.4. The van der Waals surface area contributed by atoms with E-state index in [1.165, 1.54) is 0 Å². The smallest absolute Gasteiger partial charge is 0.0738 e. The van der Waals surface area contributed by atoms with Gasteiger partial charge in [-0.05, 0) is 37.5 Å². The van der Waals surface area contributed by atoms with E-state index in [1.54, 1.807) is 0 Å². The molecule has 1 aromatic carbocycles. The first-order valence-electron chi connectivity index (χ1n) is 6.67. The van der Waals surface area contributed by atoms with Gasteiger partial charge in [0, 0.05) is 22.9 Å². The van der Waals surface area contributed by atoms with Crippen LogP contribution in [0.2, 0.25) is 10.0 Å². The van der Waals surface area contributed by atoms with E-state index in [0.29, 0.717) is 35.9 Å². The topological polar surface area (TPSA) is 29.5 Å². The molecule has 2 nitrogen and oxygen atoms in total. The molecule has 1 aliphatic heterocycles. The summed E-state index contributed by atoms with van der Waals surface area (Å²) in [5.41, 5.74) is -0.230. The Kier molecular flexibility index (Phi) is 4.46. The second-order valence-corrected chi connectivity index (χ2v) is 6.49. The highest BCUT2D eigenvalue weighted by Gasteiger charge is 2.41. The molecule has 0 aliphatic carbocycles. The molecule has 2 rings (SSSR count). The first-order valence-corrected chi connectivity index (χ1v) is 7.42. The van der Waals surface area contributed by atoms with Crippen LogP contribution >= 0.6 is 23.2 Å². The van der Waals surface area contributed by atoms with Crippen molar-refractivity contribution in [2.75, 3.05) is 6.61 Å². The normalized spacial score (nSPS) is 31.4. The van der Waals surface area contributed by atoms with Crippen LogP contribution in [-0.2, 0) is 11.2 Å². The largest absolute Gasteiger partial charge is 0.389 e. The quantitative estimate of drug-likeness (QED) is 0.904. The second-order valence-electron chi connectivity index (χ2n) is 5.68. The van der Waals surface area contributed by atoms with Crippen LogP contribution in [-0.4, -0.2) is 22.9 Å². The lowest BCUT2D eigenvalue weighted by molar-refractivity contribution is -0.152. The molecule has 1 aliphatic rings. The van der Waals surface area contributed by atoms with Gasteiger partial charge in [0.25, 0.3) is 0 Å². The first-order chi connectivity index (χ1) is 8.87. The Bertz CT molecular complexity index is 443. The van der Waals surface area contributed by atoms with E-state index in [9.17, 15) is 5.11 Å². The Hall–Kier alpha value is -0.280. The Morgan fingerprint density at radius 3 is 2.53 bits per heavy atom. The third-order valence-electron chi connectivity index (χ3n) is 4.04. The lowest BCUT2D eigenvalue weighted by atomic mass is 9.78. The van der Waals surface area contributed by atoms with Crippen molar-refractivity contribution in [1.29, 1.82) is 0 Å². The third kappa shape index (κ3) is 3.43. The molecule has 1 N–H and O–H groups in total. The molecule has 0 saturated carbocycles. The van der Waals surface area contributed by atoms with Crippen LogP contribution in [0.1, 0.15) is 38.7 Å². The Morgan fingerprint density at radius 1 is 1.32 bits per heavy atom. The minimum Gasteiger partial charge on any atom is -0.389 e. The van der Waals surface area contributed by atoms with Gasteiger partial charge in [-0.15, -0.1) is 0 Å².